The highest BCUT2D eigenvalue weighted by molar-refractivity contribution is 9.10. The van der Waals surface area contributed by atoms with Gasteiger partial charge in [-0.05, 0) is 28.1 Å². The SMILES string of the molecule is Nc1nc(-c2cccc(F)c2)c(Br)c2nncn12. The maximum Gasteiger partial charge on any atom is 0.207 e. The van der Waals surface area contributed by atoms with Crippen LogP contribution in [0.25, 0.3) is 16.9 Å². The molecule has 0 atom stereocenters. The molecule has 0 saturated carbocycles. The number of aromatic nitrogens is 4. The van der Waals surface area contributed by atoms with Gasteiger partial charge in [0.15, 0.2) is 5.65 Å². The van der Waals surface area contributed by atoms with Crippen LogP contribution in [-0.2, 0) is 0 Å². The van der Waals surface area contributed by atoms with Crippen molar-refractivity contribution in [2.24, 2.45) is 0 Å². The van der Waals surface area contributed by atoms with E-state index in [1.54, 1.807) is 16.5 Å². The fourth-order valence-electron chi connectivity index (χ4n) is 1.70. The molecule has 3 aromatic rings. The number of halogens is 2. The highest BCUT2D eigenvalue weighted by Gasteiger charge is 2.14. The van der Waals surface area contributed by atoms with Crippen LogP contribution >= 0.6 is 15.9 Å². The number of nitrogen functional groups attached to an aromatic ring is 1. The van der Waals surface area contributed by atoms with Gasteiger partial charge < -0.3 is 5.73 Å². The van der Waals surface area contributed by atoms with Crippen molar-refractivity contribution in [3.8, 4) is 11.3 Å². The van der Waals surface area contributed by atoms with Gasteiger partial charge in [0, 0.05) is 5.56 Å². The predicted octanol–water partition coefficient (Wildman–Crippen LogP) is 2.28. The average molecular weight is 308 g/mol. The summed E-state index contributed by atoms with van der Waals surface area (Å²) in [7, 11) is 0. The van der Waals surface area contributed by atoms with Gasteiger partial charge in [-0.15, -0.1) is 10.2 Å². The van der Waals surface area contributed by atoms with E-state index in [0.29, 0.717) is 21.4 Å². The minimum absolute atomic E-state index is 0.248. The quantitative estimate of drug-likeness (QED) is 0.749. The summed E-state index contributed by atoms with van der Waals surface area (Å²) in [5, 5.41) is 7.70. The number of hydrogen-bond donors (Lipinski definition) is 1. The molecule has 0 amide bonds. The van der Waals surface area contributed by atoms with Crippen LogP contribution in [0.5, 0.6) is 0 Å². The van der Waals surface area contributed by atoms with Crippen LogP contribution in [0.1, 0.15) is 0 Å². The molecule has 0 radical (unpaired) electrons. The molecule has 0 unspecified atom stereocenters. The lowest BCUT2D eigenvalue weighted by Crippen LogP contribution is -2.02. The normalized spacial score (nSPS) is 11.0. The summed E-state index contributed by atoms with van der Waals surface area (Å²) in [6.07, 6.45) is 1.47. The molecule has 3 rings (SSSR count). The van der Waals surface area contributed by atoms with Gasteiger partial charge in [-0.1, -0.05) is 12.1 Å². The number of nitrogens with two attached hydrogens (primary N) is 1. The topological polar surface area (TPSA) is 69.1 Å². The molecular weight excluding hydrogens is 301 g/mol. The first kappa shape index (κ1) is 11.1. The van der Waals surface area contributed by atoms with Gasteiger partial charge in [-0.3, -0.25) is 4.40 Å². The molecule has 0 aliphatic heterocycles. The highest BCUT2D eigenvalue weighted by atomic mass is 79.9. The summed E-state index contributed by atoms with van der Waals surface area (Å²) in [6, 6.07) is 6.13. The Balaban J connectivity index is 2.32. The Morgan fingerprint density at radius 1 is 1.33 bits per heavy atom. The number of nitrogens with zero attached hydrogens (tertiary/aromatic N) is 4. The molecule has 0 fully saturated rings. The zero-order chi connectivity index (χ0) is 12.7. The molecule has 7 heteroatoms. The molecule has 0 aliphatic carbocycles. The Hall–Kier alpha value is -2.02. The number of rotatable bonds is 1. The molecule has 5 nitrogen and oxygen atoms in total. The van der Waals surface area contributed by atoms with E-state index in [1.165, 1.54) is 18.5 Å². The molecule has 2 aromatic heterocycles. The molecule has 0 bridgehead atoms. The lowest BCUT2D eigenvalue weighted by atomic mass is 10.1. The molecule has 2 N–H and O–H groups in total. The fourth-order valence-corrected chi connectivity index (χ4v) is 2.29. The Labute approximate surface area is 110 Å². The second-order valence-electron chi connectivity index (χ2n) is 3.67. The van der Waals surface area contributed by atoms with Crippen LogP contribution in [-0.4, -0.2) is 19.6 Å². The Morgan fingerprint density at radius 2 is 2.17 bits per heavy atom. The Morgan fingerprint density at radius 3 is 2.94 bits per heavy atom. The third-order valence-electron chi connectivity index (χ3n) is 2.52. The number of benzene rings is 1. The van der Waals surface area contributed by atoms with Crippen LogP contribution < -0.4 is 5.73 Å². The van der Waals surface area contributed by atoms with Gasteiger partial charge in [0.1, 0.15) is 12.1 Å². The van der Waals surface area contributed by atoms with Crippen molar-refractivity contribution in [1.29, 1.82) is 0 Å². The first-order valence-electron chi connectivity index (χ1n) is 5.07. The smallest absolute Gasteiger partial charge is 0.207 e. The van der Waals surface area contributed by atoms with Crippen molar-refractivity contribution in [1.82, 2.24) is 19.6 Å². The van der Waals surface area contributed by atoms with Gasteiger partial charge in [-0.2, -0.15) is 0 Å². The zero-order valence-corrected chi connectivity index (χ0v) is 10.6. The van der Waals surface area contributed by atoms with Gasteiger partial charge in [0.05, 0.1) is 10.2 Å². The number of hydrogen-bond acceptors (Lipinski definition) is 4. The first-order chi connectivity index (χ1) is 8.66. The minimum Gasteiger partial charge on any atom is -0.369 e. The lowest BCUT2D eigenvalue weighted by Gasteiger charge is -2.07. The van der Waals surface area contributed by atoms with Gasteiger partial charge in [0.2, 0.25) is 5.95 Å². The maximum absolute atomic E-state index is 13.2. The van der Waals surface area contributed by atoms with Crippen molar-refractivity contribution >= 4 is 27.5 Å². The molecule has 18 heavy (non-hydrogen) atoms. The minimum atomic E-state index is -0.332. The highest BCUT2D eigenvalue weighted by Crippen LogP contribution is 2.30. The molecular formula is C11H7BrFN5. The van der Waals surface area contributed by atoms with Crippen molar-refractivity contribution in [2.45, 2.75) is 0 Å². The van der Waals surface area contributed by atoms with E-state index < -0.39 is 0 Å². The van der Waals surface area contributed by atoms with E-state index in [1.807, 2.05) is 0 Å². The van der Waals surface area contributed by atoms with Crippen molar-refractivity contribution in [3.63, 3.8) is 0 Å². The van der Waals surface area contributed by atoms with Crippen molar-refractivity contribution < 1.29 is 4.39 Å². The molecule has 0 aliphatic rings. The fraction of sp³-hybridized carbons (Fsp3) is 0. The van der Waals surface area contributed by atoms with E-state index in [2.05, 4.69) is 31.1 Å². The standard InChI is InChI=1S/C11H7BrFN5/c12-8-9(6-2-1-3-7(13)4-6)16-11(14)18-5-15-17-10(8)18/h1-5H,(H2,14,16). The Bertz CT molecular complexity index is 739. The van der Waals surface area contributed by atoms with Crippen LogP contribution in [0, 0.1) is 5.82 Å². The molecule has 2 heterocycles. The van der Waals surface area contributed by atoms with E-state index in [9.17, 15) is 4.39 Å². The number of fused-ring (bicyclic) bond motifs is 1. The molecule has 0 spiro atoms. The van der Waals surface area contributed by atoms with Gasteiger partial charge >= 0.3 is 0 Å². The third kappa shape index (κ3) is 1.63. The molecule has 90 valence electrons. The largest absolute Gasteiger partial charge is 0.369 e. The predicted molar refractivity (Wildman–Crippen MR) is 68.3 cm³/mol. The second kappa shape index (κ2) is 4.02. The van der Waals surface area contributed by atoms with E-state index in [-0.39, 0.29) is 11.8 Å². The van der Waals surface area contributed by atoms with E-state index in [4.69, 9.17) is 5.73 Å². The lowest BCUT2D eigenvalue weighted by molar-refractivity contribution is 0.628. The second-order valence-corrected chi connectivity index (χ2v) is 4.46. The summed E-state index contributed by atoms with van der Waals surface area (Å²) in [5.41, 5.74) is 7.51. The summed E-state index contributed by atoms with van der Waals surface area (Å²) >= 11 is 3.39. The van der Waals surface area contributed by atoms with Gasteiger partial charge in [-0.25, -0.2) is 9.37 Å². The van der Waals surface area contributed by atoms with E-state index in [0.717, 1.165) is 0 Å². The van der Waals surface area contributed by atoms with Crippen LogP contribution in [0.4, 0.5) is 10.3 Å². The summed E-state index contributed by atoms with van der Waals surface area (Å²) in [4.78, 5) is 4.23. The summed E-state index contributed by atoms with van der Waals surface area (Å²) < 4.78 is 15.4. The van der Waals surface area contributed by atoms with Crippen LogP contribution in [0.2, 0.25) is 0 Å². The van der Waals surface area contributed by atoms with Crippen LogP contribution in [0.3, 0.4) is 0 Å². The monoisotopic (exact) mass is 307 g/mol. The first-order valence-corrected chi connectivity index (χ1v) is 5.87. The van der Waals surface area contributed by atoms with E-state index >= 15 is 0 Å². The zero-order valence-electron chi connectivity index (χ0n) is 9.01. The Kier molecular flexibility index (Phi) is 2.48. The van der Waals surface area contributed by atoms with Gasteiger partial charge in [0.25, 0.3) is 0 Å². The van der Waals surface area contributed by atoms with Crippen LogP contribution in [0.15, 0.2) is 35.1 Å². The third-order valence-corrected chi connectivity index (χ3v) is 3.25. The average Bonchev–Trinajstić information content (AvgIpc) is 2.83. The summed E-state index contributed by atoms with van der Waals surface area (Å²) in [6.45, 7) is 0. The van der Waals surface area contributed by atoms with Crippen molar-refractivity contribution in [3.05, 3.63) is 40.9 Å². The molecule has 1 aromatic carbocycles. The number of anilines is 1. The van der Waals surface area contributed by atoms with Crippen molar-refractivity contribution in [2.75, 3.05) is 5.73 Å². The molecule has 0 saturated heterocycles. The summed E-state index contributed by atoms with van der Waals surface area (Å²) in [5.74, 6) is -0.0847. The maximum atomic E-state index is 13.2.